The Balaban J connectivity index is 3.05. The second-order valence-electron chi connectivity index (χ2n) is 5.20. The van der Waals surface area contributed by atoms with E-state index in [1.165, 1.54) is 13.2 Å². The molecule has 0 aromatic heterocycles. The van der Waals surface area contributed by atoms with E-state index in [0.29, 0.717) is 6.07 Å². The van der Waals surface area contributed by atoms with Gasteiger partial charge in [0.25, 0.3) is 0 Å². The highest BCUT2D eigenvalue weighted by atomic mass is 19.4. The summed E-state index contributed by atoms with van der Waals surface area (Å²) in [7, 11) is 2.27. The molecule has 0 aliphatic carbocycles. The molecule has 140 valence electrons. The third kappa shape index (κ3) is 5.87. The van der Waals surface area contributed by atoms with Gasteiger partial charge in [0.05, 0.1) is 19.8 Å². The van der Waals surface area contributed by atoms with Gasteiger partial charge in [-0.05, 0) is 31.1 Å². The number of esters is 2. The standard InChI is InChI=1S/C18H17F3O5/c1-11(16(23)25-2)7-8-13(17(24)26-3)10-15(22)12-5-4-6-14(9-12)18(19,20)21/h4-6,9-10H,1,7-8H2,2-3H3/b13-10+. The summed E-state index contributed by atoms with van der Waals surface area (Å²) in [5, 5.41) is 0. The van der Waals surface area contributed by atoms with E-state index >= 15 is 0 Å². The van der Waals surface area contributed by atoms with Crippen molar-refractivity contribution in [1.29, 1.82) is 0 Å². The van der Waals surface area contributed by atoms with Crippen molar-refractivity contribution in [3.8, 4) is 0 Å². The largest absolute Gasteiger partial charge is 0.466 e. The lowest BCUT2D eigenvalue weighted by molar-refractivity contribution is -0.138. The van der Waals surface area contributed by atoms with Gasteiger partial charge in [0.15, 0.2) is 5.78 Å². The first kappa shape index (κ1) is 21.1. The quantitative estimate of drug-likeness (QED) is 0.417. The van der Waals surface area contributed by atoms with Crippen molar-refractivity contribution in [3.63, 3.8) is 0 Å². The van der Waals surface area contributed by atoms with Gasteiger partial charge in [-0.3, -0.25) is 4.79 Å². The van der Waals surface area contributed by atoms with Crippen LogP contribution in [-0.4, -0.2) is 31.9 Å². The van der Waals surface area contributed by atoms with Gasteiger partial charge in [-0.2, -0.15) is 13.2 Å². The lowest BCUT2D eigenvalue weighted by Crippen LogP contribution is -2.11. The van der Waals surface area contributed by atoms with Crippen molar-refractivity contribution in [2.45, 2.75) is 19.0 Å². The monoisotopic (exact) mass is 370 g/mol. The average molecular weight is 370 g/mol. The van der Waals surface area contributed by atoms with Gasteiger partial charge >= 0.3 is 18.1 Å². The number of carbonyl (C=O) groups excluding carboxylic acids is 3. The normalized spacial score (nSPS) is 11.7. The highest BCUT2D eigenvalue weighted by molar-refractivity contribution is 6.08. The number of allylic oxidation sites excluding steroid dienone is 1. The molecule has 0 fully saturated rings. The average Bonchev–Trinajstić information content (AvgIpc) is 2.62. The Labute approximate surface area is 148 Å². The van der Waals surface area contributed by atoms with Crippen LogP contribution in [0.5, 0.6) is 0 Å². The molecule has 0 atom stereocenters. The number of hydrogen-bond acceptors (Lipinski definition) is 5. The molecule has 0 heterocycles. The molecular weight excluding hydrogens is 353 g/mol. The van der Waals surface area contributed by atoms with E-state index in [1.54, 1.807) is 0 Å². The van der Waals surface area contributed by atoms with E-state index in [9.17, 15) is 27.6 Å². The SMILES string of the molecule is C=C(CC/C(=C\C(=O)c1cccc(C(F)(F)F)c1)C(=O)OC)C(=O)OC. The molecule has 0 radical (unpaired) electrons. The third-order valence-electron chi connectivity index (χ3n) is 3.40. The molecule has 0 spiro atoms. The molecule has 0 unspecified atom stereocenters. The molecule has 0 aliphatic heterocycles. The van der Waals surface area contributed by atoms with Crippen LogP contribution in [0.15, 0.2) is 48.1 Å². The van der Waals surface area contributed by atoms with E-state index < -0.39 is 29.5 Å². The van der Waals surface area contributed by atoms with Gasteiger partial charge in [-0.1, -0.05) is 18.7 Å². The fourth-order valence-electron chi connectivity index (χ4n) is 1.99. The molecule has 5 nitrogen and oxygen atoms in total. The molecule has 0 saturated carbocycles. The number of ether oxygens (including phenoxy) is 2. The fraction of sp³-hybridized carbons (Fsp3) is 0.278. The first-order chi connectivity index (χ1) is 12.1. The highest BCUT2D eigenvalue weighted by Crippen LogP contribution is 2.29. The predicted octanol–water partition coefficient (Wildman–Crippen LogP) is 3.50. The molecule has 1 aromatic rings. The van der Waals surface area contributed by atoms with E-state index in [1.807, 2.05) is 0 Å². The number of carbonyl (C=O) groups is 3. The maximum atomic E-state index is 12.7. The molecule has 0 amide bonds. The minimum absolute atomic E-state index is 0.0173. The minimum atomic E-state index is -4.59. The number of halogens is 3. The molecular formula is C18H17F3O5. The predicted molar refractivity (Wildman–Crippen MR) is 86.3 cm³/mol. The van der Waals surface area contributed by atoms with E-state index in [2.05, 4.69) is 16.1 Å². The summed E-state index contributed by atoms with van der Waals surface area (Å²) in [6.45, 7) is 3.49. The molecule has 0 bridgehead atoms. The first-order valence-electron chi connectivity index (χ1n) is 7.36. The van der Waals surface area contributed by atoms with Crippen LogP contribution in [0.1, 0.15) is 28.8 Å². The highest BCUT2D eigenvalue weighted by Gasteiger charge is 2.30. The molecule has 0 N–H and O–H groups in total. The van der Waals surface area contributed by atoms with Crippen molar-refractivity contribution >= 4 is 17.7 Å². The van der Waals surface area contributed by atoms with Gasteiger partial charge in [-0.25, -0.2) is 9.59 Å². The summed E-state index contributed by atoms with van der Waals surface area (Å²) in [4.78, 5) is 35.3. The number of rotatable bonds is 7. The number of hydrogen-bond donors (Lipinski definition) is 0. The lowest BCUT2D eigenvalue weighted by Gasteiger charge is -2.09. The van der Waals surface area contributed by atoms with Gasteiger partial charge in [0.2, 0.25) is 0 Å². The Hall–Kier alpha value is -2.90. The Kier molecular flexibility index (Phi) is 7.30. The number of benzene rings is 1. The molecule has 0 aliphatic rings. The summed E-state index contributed by atoms with van der Waals surface area (Å²) in [5.41, 5.74) is -1.22. The second-order valence-corrected chi connectivity index (χ2v) is 5.20. The van der Waals surface area contributed by atoms with Gasteiger partial charge in [0.1, 0.15) is 0 Å². The lowest BCUT2D eigenvalue weighted by atomic mass is 10.0. The molecule has 1 aromatic carbocycles. The maximum absolute atomic E-state index is 12.7. The fourth-order valence-corrected chi connectivity index (χ4v) is 1.99. The Morgan fingerprint density at radius 1 is 1.08 bits per heavy atom. The zero-order chi connectivity index (χ0) is 19.9. The van der Waals surface area contributed by atoms with Crippen molar-refractivity contribution < 1.29 is 37.0 Å². The van der Waals surface area contributed by atoms with Crippen LogP contribution in [-0.2, 0) is 25.2 Å². The molecule has 0 saturated heterocycles. The van der Waals surface area contributed by atoms with Gasteiger partial charge in [0, 0.05) is 16.7 Å². The number of alkyl halides is 3. The van der Waals surface area contributed by atoms with Crippen LogP contribution in [0.2, 0.25) is 0 Å². The summed E-state index contributed by atoms with van der Waals surface area (Å²) < 4.78 is 47.3. The molecule has 1 rings (SSSR count). The van der Waals surface area contributed by atoms with E-state index in [-0.39, 0.29) is 29.6 Å². The zero-order valence-corrected chi connectivity index (χ0v) is 14.2. The molecule has 8 heteroatoms. The minimum Gasteiger partial charge on any atom is -0.466 e. The summed E-state index contributed by atoms with van der Waals surface area (Å²) in [6.07, 6.45) is -3.75. The van der Waals surface area contributed by atoms with E-state index in [4.69, 9.17) is 0 Å². The Morgan fingerprint density at radius 2 is 1.69 bits per heavy atom. The van der Waals surface area contributed by atoms with Crippen molar-refractivity contribution in [1.82, 2.24) is 0 Å². The Bertz CT molecular complexity index is 747. The second kappa shape index (κ2) is 8.98. The van der Waals surface area contributed by atoms with Crippen LogP contribution in [0.25, 0.3) is 0 Å². The van der Waals surface area contributed by atoms with Crippen LogP contribution in [0.4, 0.5) is 13.2 Å². The van der Waals surface area contributed by atoms with Crippen LogP contribution < -0.4 is 0 Å². The summed E-state index contributed by atoms with van der Waals surface area (Å²) in [6, 6.07) is 3.83. The topological polar surface area (TPSA) is 69.7 Å². The number of ketones is 1. The van der Waals surface area contributed by atoms with E-state index in [0.717, 1.165) is 25.3 Å². The third-order valence-corrected chi connectivity index (χ3v) is 3.40. The summed E-state index contributed by atoms with van der Waals surface area (Å²) in [5.74, 6) is -2.29. The maximum Gasteiger partial charge on any atom is 0.416 e. The van der Waals surface area contributed by atoms with Crippen LogP contribution in [0.3, 0.4) is 0 Å². The van der Waals surface area contributed by atoms with Crippen molar-refractivity contribution in [2.24, 2.45) is 0 Å². The Morgan fingerprint density at radius 3 is 2.23 bits per heavy atom. The molecule has 26 heavy (non-hydrogen) atoms. The number of methoxy groups -OCH3 is 2. The van der Waals surface area contributed by atoms with Crippen LogP contribution in [0, 0.1) is 0 Å². The van der Waals surface area contributed by atoms with Crippen LogP contribution >= 0.6 is 0 Å². The summed E-state index contributed by atoms with van der Waals surface area (Å²) >= 11 is 0. The zero-order valence-electron chi connectivity index (χ0n) is 14.2. The van der Waals surface area contributed by atoms with Gasteiger partial charge < -0.3 is 9.47 Å². The van der Waals surface area contributed by atoms with Gasteiger partial charge in [-0.15, -0.1) is 0 Å². The first-order valence-corrected chi connectivity index (χ1v) is 7.36. The smallest absolute Gasteiger partial charge is 0.416 e. The van der Waals surface area contributed by atoms with Crippen molar-refractivity contribution in [3.05, 3.63) is 59.2 Å². The van der Waals surface area contributed by atoms with Crippen molar-refractivity contribution in [2.75, 3.05) is 14.2 Å².